The van der Waals surface area contributed by atoms with Crippen LogP contribution in [0.25, 0.3) is 11.1 Å². The summed E-state index contributed by atoms with van der Waals surface area (Å²) in [5.41, 5.74) is 4.11. The molecule has 1 spiro atoms. The van der Waals surface area contributed by atoms with E-state index < -0.39 is 0 Å². The predicted molar refractivity (Wildman–Crippen MR) is 96.7 cm³/mol. The Balaban J connectivity index is 1.63. The van der Waals surface area contributed by atoms with E-state index in [9.17, 15) is 9.18 Å². The zero-order valence-electron chi connectivity index (χ0n) is 14.7. The van der Waals surface area contributed by atoms with Crippen molar-refractivity contribution in [3.05, 3.63) is 59.4 Å². The number of carbonyl (C=O) groups is 1. The maximum Gasteiger partial charge on any atom is 0.242 e. The summed E-state index contributed by atoms with van der Waals surface area (Å²) in [5, 5.41) is 3.63. The van der Waals surface area contributed by atoms with E-state index in [4.69, 9.17) is 0 Å². The second kappa shape index (κ2) is 5.95. The smallest absolute Gasteiger partial charge is 0.242 e. The van der Waals surface area contributed by atoms with Crippen molar-refractivity contribution in [3.8, 4) is 11.1 Å². The van der Waals surface area contributed by atoms with Crippen molar-refractivity contribution in [3.63, 3.8) is 0 Å². The highest BCUT2D eigenvalue weighted by atomic mass is 19.1. The quantitative estimate of drug-likeness (QED) is 0.903. The molecule has 0 saturated carbocycles. The molecule has 2 saturated heterocycles. The number of benzene rings is 2. The molecule has 130 valence electrons. The van der Waals surface area contributed by atoms with Gasteiger partial charge >= 0.3 is 0 Å². The number of halogens is 1. The number of hydrogen-bond donors (Lipinski definition) is 1. The van der Waals surface area contributed by atoms with Crippen LogP contribution in [0.2, 0.25) is 0 Å². The largest absolute Gasteiger partial charge is 0.344 e. The Morgan fingerprint density at radius 3 is 2.56 bits per heavy atom. The third-order valence-corrected chi connectivity index (χ3v) is 5.62. The third kappa shape index (κ3) is 2.85. The van der Waals surface area contributed by atoms with Gasteiger partial charge in [0.05, 0.1) is 0 Å². The van der Waals surface area contributed by atoms with Gasteiger partial charge in [0.25, 0.3) is 0 Å². The lowest BCUT2D eigenvalue weighted by Crippen LogP contribution is -2.47. The van der Waals surface area contributed by atoms with Crippen LogP contribution in [0.15, 0.2) is 42.5 Å². The van der Waals surface area contributed by atoms with Crippen molar-refractivity contribution in [2.24, 2.45) is 0 Å². The Morgan fingerprint density at radius 2 is 1.88 bits per heavy atom. The fourth-order valence-corrected chi connectivity index (χ4v) is 4.24. The standard InChI is InChI=1S/C21H23FN2O/c1-14-11-16(15-3-5-18(22)6-4-15)13-17(12-14)19-7-8-21(23-19)9-10-24(2)20(21)25/h3-6,11-13,19,23H,7-10H2,1-2H3/t19-,21+/m0/s1. The summed E-state index contributed by atoms with van der Waals surface area (Å²) < 4.78 is 13.2. The summed E-state index contributed by atoms with van der Waals surface area (Å²) in [6.45, 7) is 2.91. The van der Waals surface area contributed by atoms with E-state index in [1.165, 1.54) is 23.3 Å². The van der Waals surface area contributed by atoms with Gasteiger partial charge in [0.1, 0.15) is 11.4 Å². The monoisotopic (exact) mass is 338 g/mol. The van der Waals surface area contributed by atoms with Crippen LogP contribution in [0.1, 0.15) is 36.4 Å². The summed E-state index contributed by atoms with van der Waals surface area (Å²) in [6.07, 6.45) is 2.74. The van der Waals surface area contributed by atoms with Crippen LogP contribution in [-0.2, 0) is 4.79 Å². The first-order valence-corrected chi connectivity index (χ1v) is 8.88. The van der Waals surface area contributed by atoms with Crippen molar-refractivity contribution in [1.29, 1.82) is 0 Å². The molecule has 2 fully saturated rings. The number of nitrogens with zero attached hydrogens (tertiary/aromatic N) is 1. The molecule has 0 aromatic heterocycles. The highest BCUT2D eigenvalue weighted by Gasteiger charge is 2.49. The number of nitrogens with one attached hydrogen (secondary N) is 1. The molecular weight excluding hydrogens is 315 g/mol. The predicted octanol–water partition coefficient (Wildman–Crippen LogP) is 3.83. The van der Waals surface area contributed by atoms with E-state index in [1.54, 1.807) is 0 Å². The van der Waals surface area contributed by atoms with Crippen LogP contribution in [-0.4, -0.2) is 29.9 Å². The van der Waals surface area contributed by atoms with Crippen molar-refractivity contribution in [2.75, 3.05) is 13.6 Å². The fourth-order valence-electron chi connectivity index (χ4n) is 4.24. The van der Waals surface area contributed by atoms with Gasteiger partial charge in [-0.1, -0.05) is 29.8 Å². The average molecular weight is 338 g/mol. The van der Waals surface area contributed by atoms with Gasteiger partial charge in [0.15, 0.2) is 0 Å². The molecule has 3 nitrogen and oxygen atoms in total. The highest BCUT2D eigenvalue weighted by Crippen LogP contribution is 2.40. The normalized spacial score (nSPS) is 26.0. The third-order valence-electron chi connectivity index (χ3n) is 5.62. The van der Waals surface area contributed by atoms with E-state index in [1.807, 2.05) is 24.1 Å². The molecule has 2 heterocycles. The Labute approximate surface area is 147 Å². The number of likely N-dealkylation sites (N-methyl/N-ethyl adjacent to an activating group) is 1. The minimum Gasteiger partial charge on any atom is -0.344 e. The Hall–Kier alpha value is -2.20. The maximum atomic E-state index is 13.2. The molecule has 0 radical (unpaired) electrons. The van der Waals surface area contributed by atoms with Crippen LogP contribution in [0, 0.1) is 12.7 Å². The molecule has 4 rings (SSSR count). The van der Waals surface area contributed by atoms with Gasteiger partial charge in [0.2, 0.25) is 5.91 Å². The lowest BCUT2D eigenvalue weighted by Gasteiger charge is -2.24. The Morgan fingerprint density at radius 1 is 1.12 bits per heavy atom. The molecule has 4 heteroatoms. The number of hydrogen-bond acceptors (Lipinski definition) is 2. The number of rotatable bonds is 2. The zero-order chi connectivity index (χ0) is 17.6. The van der Waals surface area contributed by atoms with Gasteiger partial charge in [-0.15, -0.1) is 0 Å². The van der Waals surface area contributed by atoms with Crippen LogP contribution in [0.4, 0.5) is 4.39 Å². The summed E-state index contributed by atoms with van der Waals surface area (Å²) in [6, 6.07) is 13.3. The maximum absolute atomic E-state index is 13.2. The van der Waals surface area contributed by atoms with Gasteiger partial charge in [-0.2, -0.15) is 0 Å². The molecule has 25 heavy (non-hydrogen) atoms. The van der Waals surface area contributed by atoms with Gasteiger partial charge in [-0.05, 0) is 61.1 Å². The molecular formula is C21H23FN2O. The topological polar surface area (TPSA) is 32.3 Å². The van der Waals surface area contributed by atoms with E-state index in [2.05, 4.69) is 30.4 Å². The first-order valence-electron chi connectivity index (χ1n) is 8.88. The molecule has 1 amide bonds. The van der Waals surface area contributed by atoms with Crippen molar-refractivity contribution in [2.45, 2.75) is 37.8 Å². The highest BCUT2D eigenvalue weighted by molar-refractivity contribution is 5.88. The van der Waals surface area contributed by atoms with Crippen LogP contribution in [0.5, 0.6) is 0 Å². The minimum atomic E-state index is -0.376. The summed E-state index contributed by atoms with van der Waals surface area (Å²) in [7, 11) is 1.88. The first kappa shape index (κ1) is 16.3. The molecule has 2 aliphatic rings. The van der Waals surface area contributed by atoms with E-state index >= 15 is 0 Å². The van der Waals surface area contributed by atoms with Gasteiger partial charge < -0.3 is 4.90 Å². The van der Waals surface area contributed by atoms with Gasteiger partial charge in [-0.25, -0.2) is 4.39 Å². The molecule has 2 atom stereocenters. The van der Waals surface area contributed by atoms with Crippen LogP contribution >= 0.6 is 0 Å². The number of carbonyl (C=O) groups excluding carboxylic acids is 1. The lowest BCUT2D eigenvalue weighted by atomic mass is 9.95. The summed E-state index contributed by atoms with van der Waals surface area (Å²) in [5.74, 6) is 0.00121. The second-order valence-corrected chi connectivity index (χ2v) is 7.43. The second-order valence-electron chi connectivity index (χ2n) is 7.43. The molecule has 2 aromatic rings. The Bertz CT molecular complexity index is 817. The van der Waals surface area contributed by atoms with Crippen molar-refractivity contribution >= 4 is 5.91 Å². The first-order chi connectivity index (χ1) is 12.0. The molecule has 0 bridgehead atoms. The SMILES string of the molecule is Cc1cc(-c2ccc(F)cc2)cc([C@@H]2CC[C@]3(CCN(C)C3=O)N2)c1. The zero-order valence-corrected chi connectivity index (χ0v) is 14.7. The summed E-state index contributed by atoms with van der Waals surface area (Å²) in [4.78, 5) is 14.4. The molecule has 1 N–H and O–H groups in total. The summed E-state index contributed by atoms with van der Waals surface area (Å²) >= 11 is 0. The Kier molecular flexibility index (Phi) is 3.88. The molecule has 2 aliphatic heterocycles. The van der Waals surface area contributed by atoms with Gasteiger partial charge in [0, 0.05) is 19.6 Å². The van der Waals surface area contributed by atoms with E-state index in [0.29, 0.717) is 0 Å². The number of amides is 1. The van der Waals surface area contributed by atoms with Crippen molar-refractivity contribution in [1.82, 2.24) is 10.2 Å². The average Bonchev–Trinajstić information content (AvgIpc) is 3.15. The fraction of sp³-hybridized carbons (Fsp3) is 0.381. The molecule has 2 aromatic carbocycles. The van der Waals surface area contributed by atoms with Crippen molar-refractivity contribution < 1.29 is 9.18 Å². The van der Waals surface area contributed by atoms with Crippen LogP contribution in [0.3, 0.4) is 0 Å². The van der Waals surface area contributed by atoms with E-state index in [-0.39, 0.29) is 23.3 Å². The lowest BCUT2D eigenvalue weighted by molar-refractivity contribution is -0.131. The number of likely N-dealkylation sites (tertiary alicyclic amines) is 1. The van der Waals surface area contributed by atoms with E-state index in [0.717, 1.165) is 36.9 Å². The van der Waals surface area contributed by atoms with Gasteiger partial charge in [-0.3, -0.25) is 10.1 Å². The molecule has 0 aliphatic carbocycles. The van der Waals surface area contributed by atoms with Crippen LogP contribution < -0.4 is 5.32 Å². The molecule has 0 unspecified atom stereocenters. The number of aryl methyl sites for hydroxylation is 1. The minimum absolute atomic E-state index is 0.189.